The number of allylic oxidation sites excluding steroid dienone is 2. The third kappa shape index (κ3) is 1.61. The molecule has 30 heavy (non-hydrogen) atoms. The van der Waals surface area contributed by atoms with Crippen molar-refractivity contribution in [2.24, 2.45) is 44.8 Å². The molecule has 0 radical (unpaired) electrons. The van der Waals surface area contributed by atoms with Gasteiger partial charge in [-0.2, -0.15) is 0 Å². The van der Waals surface area contributed by atoms with Gasteiger partial charge in [0, 0.05) is 33.7 Å². The number of cyclic esters (lactones) is 2. The third-order valence-electron chi connectivity index (χ3n) is 10.5. The number of hydrogen-bond donors (Lipinski definition) is 0. The minimum atomic E-state index is -0.656. The molecule has 1 saturated heterocycles. The van der Waals surface area contributed by atoms with Crippen LogP contribution < -0.4 is 0 Å². The lowest BCUT2D eigenvalue weighted by atomic mass is 9.33. The van der Waals surface area contributed by atoms with Gasteiger partial charge in [-0.3, -0.25) is 9.59 Å². The number of carbonyl (C=O) groups excluding carboxylic acids is 3. The second-order valence-electron chi connectivity index (χ2n) is 12.1. The van der Waals surface area contributed by atoms with E-state index in [2.05, 4.69) is 32.9 Å². The summed E-state index contributed by atoms with van der Waals surface area (Å²) in [5.41, 5.74) is -2.90. The van der Waals surface area contributed by atoms with Crippen molar-refractivity contribution in [3.63, 3.8) is 0 Å². The molecule has 0 aromatic carbocycles. The molecular weight excluding hydrogens is 380 g/mol. The Bertz CT molecular complexity index is 991. The van der Waals surface area contributed by atoms with E-state index >= 15 is 0 Å². The molecule has 2 spiro atoms. The first-order valence-corrected chi connectivity index (χ1v) is 11.2. The summed E-state index contributed by atoms with van der Waals surface area (Å²) in [7, 11) is 0. The Balaban J connectivity index is 1.65. The summed E-state index contributed by atoms with van der Waals surface area (Å²) in [6.45, 7) is 10.7. The van der Waals surface area contributed by atoms with E-state index in [0.717, 1.165) is 12.8 Å². The highest BCUT2D eigenvalue weighted by Gasteiger charge is 2.87. The van der Waals surface area contributed by atoms with Crippen LogP contribution in [0.25, 0.3) is 0 Å². The number of Topliss-reactive ketones (excluding diaryl/α,β-unsaturated/α-hetero) is 1. The predicted molar refractivity (Wildman–Crippen MR) is 108 cm³/mol. The maximum atomic E-state index is 13.9. The van der Waals surface area contributed by atoms with E-state index < -0.39 is 21.8 Å². The van der Waals surface area contributed by atoms with E-state index in [4.69, 9.17) is 9.47 Å². The summed E-state index contributed by atoms with van der Waals surface area (Å²) in [5, 5.41) is 0. The van der Waals surface area contributed by atoms with Crippen molar-refractivity contribution in [2.45, 2.75) is 59.5 Å². The maximum absolute atomic E-state index is 13.9. The van der Waals surface area contributed by atoms with E-state index in [1.54, 1.807) is 6.08 Å². The highest BCUT2D eigenvalue weighted by Crippen LogP contribution is 2.85. The number of carbonyl (C=O) groups is 3. The van der Waals surface area contributed by atoms with Crippen LogP contribution in [0.1, 0.15) is 53.9 Å². The molecule has 5 fully saturated rings. The molecule has 8 atom stereocenters. The van der Waals surface area contributed by atoms with Crippen LogP contribution in [0, 0.1) is 44.8 Å². The molecular formula is C25H30O5. The van der Waals surface area contributed by atoms with Crippen LogP contribution >= 0.6 is 0 Å². The van der Waals surface area contributed by atoms with Crippen molar-refractivity contribution < 1.29 is 23.9 Å². The van der Waals surface area contributed by atoms with Crippen LogP contribution in [0.2, 0.25) is 0 Å². The second kappa shape index (κ2) is 4.78. The number of ketones is 1. The molecule has 7 rings (SSSR count). The minimum absolute atomic E-state index is 0.000539. The van der Waals surface area contributed by atoms with E-state index in [-0.39, 0.29) is 40.5 Å². The summed E-state index contributed by atoms with van der Waals surface area (Å²) in [4.78, 5) is 39.2. The van der Waals surface area contributed by atoms with Crippen molar-refractivity contribution in [1.29, 1.82) is 0 Å². The van der Waals surface area contributed by atoms with Gasteiger partial charge in [-0.25, -0.2) is 4.79 Å². The van der Waals surface area contributed by atoms with Gasteiger partial charge in [0.2, 0.25) is 0 Å². The van der Waals surface area contributed by atoms with Gasteiger partial charge in [-0.05, 0) is 44.4 Å². The summed E-state index contributed by atoms with van der Waals surface area (Å²) in [6, 6.07) is 0. The molecule has 0 N–H and O–H groups in total. The smallest absolute Gasteiger partial charge is 0.330 e. The lowest BCUT2D eigenvalue weighted by Gasteiger charge is -2.67. The highest BCUT2D eigenvalue weighted by atomic mass is 16.6. The molecule has 5 aliphatic carbocycles. The highest BCUT2D eigenvalue weighted by molar-refractivity contribution is 5.97. The molecule has 2 aliphatic heterocycles. The van der Waals surface area contributed by atoms with Gasteiger partial charge in [-0.15, -0.1) is 0 Å². The fraction of sp³-hybridized carbons (Fsp3) is 0.720. The van der Waals surface area contributed by atoms with Crippen molar-refractivity contribution in [3.05, 3.63) is 24.3 Å². The molecule has 5 heteroatoms. The van der Waals surface area contributed by atoms with Crippen LogP contribution in [0.3, 0.4) is 0 Å². The zero-order valence-electron chi connectivity index (χ0n) is 18.4. The average Bonchev–Trinajstić information content (AvgIpc) is 3.05. The van der Waals surface area contributed by atoms with Gasteiger partial charge >= 0.3 is 11.9 Å². The predicted octanol–water partition coefficient (Wildman–Crippen LogP) is 3.63. The van der Waals surface area contributed by atoms with Gasteiger partial charge < -0.3 is 9.47 Å². The van der Waals surface area contributed by atoms with Crippen LogP contribution in [-0.2, 0) is 23.9 Å². The van der Waals surface area contributed by atoms with E-state index in [9.17, 15) is 14.4 Å². The summed E-state index contributed by atoms with van der Waals surface area (Å²) in [5.74, 6) is -0.226. The minimum Gasteiger partial charge on any atom is -0.465 e. The lowest BCUT2D eigenvalue weighted by molar-refractivity contribution is -0.196. The maximum Gasteiger partial charge on any atom is 0.330 e. The Morgan fingerprint density at radius 1 is 1.00 bits per heavy atom. The molecule has 0 aromatic heterocycles. The Labute approximate surface area is 177 Å². The topological polar surface area (TPSA) is 69.7 Å². The standard InChI is InChI=1S/C25H30O5/c1-20(2)15-6-9-24-12-21(3)10-14-18(27)29-13-25(14,24)23(5,19(21)28)11-16(24)22(15,4)8-7-17(26)30-20/h6-9,14-16H,10-13H2,1-5H3/t14-,15+,16+,21-,22+,23+,24+,25-/m1/s1. The monoisotopic (exact) mass is 410 g/mol. The van der Waals surface area contributed by atoms with Gasteiger partial charge in [0.1, 0.15) is 11.4 Å². The molecule has 4 bridgehead atoms. The quantitative estimate of drug-likeness (QED) is 0.451. The van der Waals surface area contributed by atoms with Gasteiger partial charge in [0.15, 0.2) is 0 Å². The molecule has 7 aliphatic rings. The van der Waals surface area contributed by atoms with Gasteiger partial charge in [0.05, 0.1) is 12.5 Å². The second-order valence-corrected chi connectivity index (χ2v) is 12.1. The van der Waals surface area contributed by atoms with Crippen molar-refractivity contribution >= 4 is 17.7 Å². The Kier molecular flexibility index (Phi) is 3.00. The number of hydrogen-bond acceptors (Lipinski definition) is 5. The molecule has 4 saturated carbocycles. The third-order valence-corrected chi connectivity index (χ3v) is 10.5. The molecule has 5 nitrogen and oxygen atoms in total. The molecule has 160 valence electrons. The molecule has 0 unspecified atom stereocenters. The fourth-order valence-electron chi connectivity index (χ4n) is 9.62. The Morgan fingerprint density at radius 3 is 2.47 bits per heavy atom. The van der Waals surface area contributed by atoms with Crippen LogP contribution in [0.15, 0.2) is 24.3 Å². The Morgan fingerprint density at radius 2 is 1.73 bits per heavy atom. The van der Waals surface area contributed by atoms with Crippen LogP contribution in [-0.4, -0.2) is 29.9 Å². The average molecular weight is 411 g/mol. The van der Waals surface area contributed by atoms with Crippen LogP contribution in [0.4, 0.5) is 0 Å². The summed E-state index contributed by atoms with van der Waals surface area (Å²) in [6.07, 6.45) is 10.3. The summed E-state index contributed by atoms with van der Waals surface area (Å²) >= 11 is 0. The van der Waals surface area contributed by atoms with Crippen molar-refractivity contribution in [1.82, 2.24) is 0 Å². The molecule has 2 heterocycles. The van der Waals surface area contributed by atoms with Crippen molar-refractivity contribution in [2.75, 3.05) is 6.61 Å². The number of fused-ring (bicyclic) bond motifs is 2. The number of rotatable bonds is 0. The zero-order valence-corrected chi connectivity index (χ0v) is 18.4. The molecule has 0 aromatic rings. The van der Waals surface area contributed by atoms with Gasteiger partial charge in [0.25, 0.3) is 0 Å². The lowest BCUT2D eigenvalue weighted by Crippen LogP contribution is -2.69. The SMILES string of the molecule is CC1(C)OC(=O)C=C[C@@]2(C)[C@H]1C=C[C@@]13C[C@@]4(C)C[C@@H]5C(=O)OC[C@]51[C@@](C)(C[C@@H]23)C4=O. The fourth-order valence-corrected chi connectivity index (χ4v) is 9.62. The first-order valence-electron chi connectivity index (χ1n) is 11.2. The number of esters is 2. The van der Waals surface area contributed by atoms with E-state index in [1.165, 1.54) is 0 Å². The van der Waals surface area contributed by atoms with Gasteiger partial charge in [-0.1, -0.05) is 39.0 Å². The summed E-state index contributed by atoms with van der Waals surface area (Å²) < 4.78 is 11.5. The van der Waals surface area contributed by atoms with E-state index in [1.807, 2.05) is 19.9 Å². The zero-order chi connectivity index (χ0) is 21.5. The van der Waals surface area contributed by atoms with E-state index in [0.29, 0.717) is 18.8 Å². The molecule has 0 amide bonds. The van der Waals surface area contributed by atoms with Crippen molar-refractivity contribution in [3.8, 4) is 0 Å². The largest absolute Gasteiger partial charge is 0.465 e. The Hall–Kier alpha value is -1.91. The normalized spacial score (nSPS) is 56.7. The first-order chi connectivity index (χ1) is 13.9. The first kappa shape index (κ1) is 18.8. The van der Waals surface area contributed by atoms with Crippen LogP contribution in [0.5, 0.6) is 0 Å². The number of ether oxygens (including phenoxy) is 2.